The Kier molecular flexibility index (Phi) is 6.66. The third-order valence-corrected chi connectivity index (χ3v) is 5.54. The quantitative estimate of drug-likeness (QED) is 0.774. The Hall–Kier alpha value is -0.250. The Balaban J connectivity index is 1.98. The molecule has 0 saturated heterocycles. The topological polar surface area (TPSA) is 12.0 Å². The van der Waals surface area contributed by atoms with Gasteiger partial charge in [-0.25, -0.2) is 4.39 Å². The molecule has 112 valence electrons. The van der Waals surface area contributed by atoms with E-state index in [1.54, 1.807) is 6.07 Å². The van der Waals surface area contributed by atoms with Gasteiger partial charge in [-0.3, -0.25) is 0 Å². The number of rotatable bonds is 6. The predicted molar refractivity (Wildman–Crippen MR) is 87.2 cm³/mol. The minimum atomic E-state index is -0.201. The molecule has 1 nitrogen and oxygen atoms in total. The molecule has 0 amide bonds. The second kappa shape index (κ2) is 8.26. The molecule has 1 fully saturated rings. The summed E-state index contributed by atoms with van der Waals surface area (Å²) in [5, 5.41) is 4.60. The molecular formula is C16H23ClFNS. The van der Waals surface area contributed by atoms with E-state index in [-0.39, 0.29) is 11.9 Å². The summed E-state index contributed by atoms with van der Waals surface area (Å²) >= 11 is 7.82. The average Bonchev–Trinajstić information content (AvgIpc) is 2.45. The van der Waals surface area contributed by atoms with E-state index in [0.29, 0.717) is 5.02 Å². The van der Waals surface area contributed by atoms with E-state index in [0.717, 1.165) is 23.1 Å². The van der Waals surface area contributed by atoms with Crippen molar-refractivity contribution in [2.75, 3.05) is 12.3 Å². The normalized spacial score (nSPS) is 18.1. The first-order valence-electron chi connectivity index (χ1n) is 7.50. The molecular weight excluding hydrogens is 293 g/mol. The smallest absolute Gasteiger partial charge is 0.129 e. The Labute approximate surface area is 130 Å². The highest BCUT2D eigenvalue weighted by molar-refractivity contribution is 7.99. The summed E-state index contributed by atoms with van der Waals surface area (Å²) in [6.45, 7) is 2.91. The van der Waals surface area contributed by atoms with Gasteiger partial charge in [0, 0.05) is 27.6 Å². The highest BCUT2D eigenvalue weighted by Gasteiger charge is 2.19. The predicted octanol–water partition coefficient (Wildman–Crippen LogP) is 5.20. The standard InChI is InChI=1S/C16H23ClFNS/c1-2-19-16(11-20-13-6-4-3-5-7-13)14-9-8-12(17)10-15(14)18/h8-10,13,16,19H,2-7,11H2,1H3. The molecule has 0 spiro atoms. The molecule has 1 saturated carbocycles. The van der Waals surface area contributed by atoms with Crippen molar-refractivity contribution in [1.82, 2.24) is 5.32 Å². The molecule has 1 aliphatic carbocycles. The summed E-state index contributed by atoms with van der Waals surface area (Å²) < 4.78 is 14.1. The maximum absolute atomic E-state index is 14.1. The highest BCUT2D eigenvalue weighted by atomic mass is 35.5. The van der Waals surface area contributed by atoms with Crippen molar-refractivity contribution >= 4 is 23.4 Å². The zero-order chi connectivity index (χ0) is 14.4. The summed E-state index contributed by atoms with van der Waals surface area (Å²) in [6.07, 6.45) is 6.69. The molecule has 0 aromatic heterocycles. The van der Waals surface area contributed by atoms with Crippen molar-refractivity contribution in [2.45, 2.75) is 50.3 Å². The maximum atomic E-state index is 14.1. The number of nitrogens with one attached hydrogen (secondary N) is 1. The van der Waals surface area contributed by atoms with Crippen LogP contribution < -0.4 is 5.32 Å². The van der Waals surface area contributed by atoms with Gasteiger partial charge >= 0.3 is 0 Å². The van der Waals surface area contributed by atoms with Crippen LogP contribution in [0.15, 0.2) is 18.2 Å². The van der Waals surface area contributed by atoms with Gasteiger partial charge in [-0.15, -0.1) is 0 Å². The van der Waals surface area contributed by atoms with Gasteiger partial charge in [0.05, 0.1) is 0 Å². The molecule has 2 rings (SSSR count). The van der Waals surface area contributed by atoms with E-state index in [1.807, 2.05) is 17.8 Å². The summed E-state index contributed by atoms with van der Waals surface area (Å²) in [5.74, 6) is 0.726. The van der Waals surface area contributed by atoms with Gasteiger partial charge in [0.2, 0.25) is 0 Å². The molecule has 0 bridgehead atoms. The number of benzene rings is 1. The third kappa shape index (κ3) is 4.64. The van der Waals surface area contributed by atoms with E-state index in [4.69, 9.17) is 11.6 Å². The Morgan fingerprint density at radius 3 is 2.75 bits per heavy atom. The van der Waals surface area contributed by atoms with Crippen LogP contribution in [0.5, 0.6) is 0 Å². The van der Waals surface area contributed by atoms with Crippen LogP contribution in [-0.4, -0.2) is 17.5 Å². The van der Waals surface area contributed by atoms with Gasteiger partial charge in [0.1, 0.15) is 5.82 Å². The molecule has 1 unspecified atom stereocenters. The molecule has 0 radical (unpaired) electrons. The van der Waals surface area contributed by atoms with Crippen LogP contribution in [-0.2, 0) is 0 Å². The molecule has 20 heavy (non-hydrogen) atoms. The lowest BCUT2D eigenvalue weighted by Crippen LogP contribution is -2.25. The van der Waals surface area contributed by atoms with Gasteiger partial charge in [-0.2, -0.15) is 11.8 Å². The Morgan fingerprint density at radius 1 is 1.35 bits per heavy atom. The number of hydrogen-bond acceptors (Lipinski definition) is 2. The van der Waals surface area contributed by atoms with Crippen molar-refractivity contribution in [3.8, 4) is 0 Å². The van der Waals surface area contributed by atoms with Crippen LogP contribution in [0.4, 0.5) is 4.39 Å². The van der Waals surface area contributed by atoms with Crippen LogP contribution in [0, 0.1) is 5.82 Å². The van der Waals surface area contributed by atoms with Gasteiger partial charge in [-0.05, 0) is 31.5 Å². The molecule has 1 aliphatic rings. The summed E-state index contributed by atoms with van der Waals surface area (Å²) in [4.78, 5) is 0. The second-order valence-electron chi connectivity index (χ2n) is 5.37. The summed E-state index contributed by atoms with van der Waals surface area (Å²) in [6, 6.07) is 5.07. The van der Waals surface area contributed by atoms with Gasteiger partial charge in [0.15, 0.2) is 0 Å². The SMILES string of the molecule is CCNC(CSC1CCCCC1)c1ccc(Cl)cc1F. The molecule has 1 aromatic carbocycles. The minimum absolute atomic E-state index is 0.0733. The zero-order valence-electron chi connectivity index (χ0n) is 12.0. The number of hydrogen-bond donors (Lipinski definition) is 1. The molecule has 1 N–H and O–H groups in total. The van der Waals surface area contributed by atoms with Gasteiger partial charge < -0.3 is 5.32 Å². The second-order valence-corrected chi connectivity index (χ2v) is 7.14. The van der Waals surface area contributed by atoms with Crippen LogP contribution in [0.25, 0.3) is 0 Å². The molecule has 0 heterocycles. The van der Waals surface area contributed by atoms with Crippen molar-refractivity contribution in [2.24, 2.45) is 0 Å². The first-order valence-corrected chi connectivity index (χ1v) is 8.93. The third-order valence-electron chi connectivity index (χ3n) is 3.84. The van der Waals surface area contributed by atoms with Crippen molar-refractivity contribution in [1.29, 1.82) is 0 Å². The molecule has 1 aromatic rings. The van der Waals surface area contributed by atoms with E-state index < -0.39 is 0 Å². The van der Waals surface area contributed by atoms with Crippen molar-refractivity contribution in [3.05, 3.63) is 34.6 Å². The fourth-order valence-corrected chi connectivity index (χ4v) is 4.34. The summed E-state index contributed by atoms with van der Waals surface area (Å²) in [7, 11) is 0. The lowest BCUT2D eigenvalue weighted by molar-refractivity contribution is 0.512. The lowest BCUT2D eigenvalue weighted by Gasteiger charge is -2.25. The Bertz CT molecular complexity index is 421. The fourth-order valence-electron chi connectivity index (χ4n) is 2.75. The maximum Gasteiger partial charge on any atom is 0.129 e. The number of halogens is 2. The van der Waals surface area contributed by atoms with E-state index in [9.17, 15) is 4.39 Å². The monoisotopic (exact) mass is 315 g/mol. The largest absolute Gasteiger partial charge is 0.309 e. The molecule has 0 aliphatic heterocycles. The van der Waals surface area contributed by atoms with E-state index >= 15 is 0 Å². The first kappa shape index (κ1) is 16.1. The van der Waals surface area contributed by atoms with Gasteiger partial charge in [0.25, 0.3) is 0 Å². The average molecular weight is 316 g/mol. The molecule has 4 heteroatoms. The van der Waals surface area contributed by atoms with E-state index in [2.05, 4.69) is 12.2 Å². The van der Waals surface area contributed by atoms with Crippen LogP contribution in [0.1, 0.15) is 50.6 Å². The first-order chi connectivity index (χ1) is 9.70. The lowest BCUT2D eigenvalue weighted by atomic mass is 10.0. The highest BCUT2D eigenvalue weighted by Crippen LogP contribution is 2.32. The van der Waals surface area contributed by atoms with Crippen LogP contribution >= 0.6 is 23.4 Å². The fraction of sp³-hybridized carbons (Fsp3) is 0.625. The van der Waals surface area contributed by atoms with Gasteiger partial charge in [-0.1, -0.05) is 43.9 Å². The van der Waals surface area contributed by atoms with E-state index in [1.165, 1.54) is 38.2 Å². The van der Waals surface area contributed by atoms with Crippen LogP contribution in [0.3, 0.4) is 0 Å². The number of thioether (sulfide) groups is 1. The Morgan fingerprint density at radius 2 is 2.10 bits per heavy atom. The van der Waals surface area contributed by atoms with Crippen molar-refractivity contribution in [3.63, 3.8) is 0 Å². The minimum Gasteiger partial charge on any atom is -0.309 e. The summed E-state index contributed by atoms with van der Waals surface area (Å²) in [5.41, 5.74) is 0.736. The zero-order valence-corrected chi connectivity index (χ0v) is 13.6. The van der Waals surface area contributed by atoms with Crippen LogP contribution in [0.2, 0.25) is 5.02 Å². The molecule has 1 atom stereocenters. The van der Waals surface area contributed by atoms with Crippen molar-refractivity contribution < 1.29 is 4.39 Å².